The first kappa shape index (κ1) is 31.3. The van der Waals surface area contributed by atoms with E-state index in [4.69, 9.17) is 0 Å². The maximum Gasteiger partial charge on any atom is 0.243 e. The third-order valence-electron chi connectivity index (χ3n) is 6.75. The number of unbranched alkanes of at least 4 members (excludes halogenated alkanes) is 1. The largest absolute Gasteiger partial charge is 0.395 e. The summed E-state index contributed by atoms with van der Waals surface area (Å²) in [5.74, 6) is 0.0406. The number of para-hydroxylation sites is 1. The molecule has 0 aromatic heterocycles. The lowest BCUT2D eigenvalue weighted by molar-refractivity contribution is -0.119. The summed E-state index contributed by atoms with van der Waals surface area (Å²) in [5, 5.41) is 13.2. The highest BCUT2D eigenvalue weighted by atomic mass is 32.2. The number of nitrogens with one attached hydrogen (secondary N) is 1. The monoisotopic (exact) mass is 565 g/mol. The van der Waals surface area contributed by atoms with Gasteiger partial charge in [-0.3, -0.25) is 4.79 Å². The lowest BCUT2D eigenvalue weighted by Crippen LogP contribution is -2.44. The van der Waals surface area contributed by atoms with Crippen LogP contribution < -0.4 is 10.2 Å². The Hall–Kier alpha value is -3.20. The first-order valence-electron chi connectivity index (χ1n) is 14.0. The Morgan fingerprint density at radius 2 is 1.52 bits per heavy atom. The van der Waals surface area contributed by atoms with Crippen LogP contribution in [0.3, 0.4) is 0 Å². The Kier molecular flexibility index (Phi) is 12.2. The quantitative estimate of drug-likeness (QED) is 0.239. The van der Waals surface area contributed by atoms with Crippen LogP contribution in [0.25, 0.3) is 0 Å². The number of nitrogens with zero attached hydrogens (tertiary/aromatic N) is 2. The fourth-order valence-corrected chi connectivity index (χ4v) is 6.43. The van der Waals surface area contributed by atoms with Crippen LogP contribution >= 0.6 is 0 Å². The number of rotatable bonds is 16. The first-order valence-corrected chi connectivity index (χ1v) is 15.4. The van der Waals surface area contributed by atoms with E-state index in [1.165, 1.54) is 4.31 Å². The summed E-state index contributed by atoms with van der Waals surface area (Å²) in [6, 6.07) is 26.2. The van der Waals surface area contributed by atoms with Crippen LogP contribution in [0.15, 0.2) is 89.8 Å². The fourth-order valence-electron chi connectivity index (χ4n) is 4.62. The molecule has 0 aliphatic rings. The summed E-state index contributed by atoms with van der Waals surface area (Å²) in [6.07, 6.45) is 1.87. The van der Waals surface area contributed by atoms with Gasteiger partial charge in [-0.05, 0) is 55.5 Å². The Morgan fingerprint density at radius 3 is 2.12 bits per heavy atom. The van der Waals surface area contributed by atoms with Crippen molar-refractivity contribution in [2.75, 3.05) is 31.1 Å². The van der Waals surface area contributed by atoms with Gasteiger partial charge in [0.1, 0.15) is 0 Å². The highest BCUT2D eigenvalue weighted by Gasteiger charge is 2.31. The lowest BCUT2D eigenvalue weighted by Gasteiger charge is -2.31. The molecule has 3 aromatic rings. The van der Waals surface area contributed by atoms with Gasteiger partial charge in [0.05, 0.1) is 18.0 Å². The molecule has 0 aliphatic heterocycles. The van der Waals surface area contributed by atoms with Gasteiger partial charge in [-0.1, -0.05) is 86.5 Å². The Morgan fingerprint density at radius 1 is 0.900 bits per heavy atom. The number of amides is 1. The molecule has 0 bridgehead atoms. The van der Waals surface area contributed by atoms with Gasteiger partial charge in [0.15, 0.2) is 0 Å². The van der Waals surface area contributed by atoms with E-state index in [0.29, 0.717) is 38.9 Å². The zero-order chi connectivity index (χ0) is 29.0. The third-order valence-corrected chi connectivity index (χ3v) is 8.68. The highest BCUT2D eigenvalue weighted by molar-refractivity contribution is 7.89. The van der Waals surface area contributed by atoms with Gasteiger partial charge in [0.25, 0.3) is 0 Å². The van der Waals surface area contributed by atoms with Crippen molar-refractivity contribution in [2.24, 2.45) is 5.92 Å². The molecule has 40 heavy (non-hydrogen) atoms. The number of hydrogen-bond acceptors (Lipinski definition) is 5. The van der Waals surface area contributed by atoms with Crippen LogP contribution in [0.5, 0.6) is 0 Å². The zero-order valence-electron chi connectivity index (χ0n) is 23.9. The van der Waals surface area contributed by atoms with Gasteiger partial charge < -0.3 is 15.3 Å². The minimum absolute atomic E-state index is 0.0677. The maximum absolute atomic E-state index is 13.5. The summed E-state index contributed by atoms with van der Waals surface area (Å²) >= 11 is 0. The molecule has 0 spiro atoms. The first-order chi connectivity index (χ1) is 19.2. The van der Waals surface area contributed by atoms with E-state index in [2.05, 4.69) is 5.32 Å². The molecule has 0 heterocycles. The van der Waals surface area contributed by atoms with Gasteiger partial charge in [-0.25, -0.2) is 8.42 Å². The summed E-state index contributed by atoms with van der Waals surface area (Å²) < 4.78 is 28.4. The van der Waals surface area contributed by atoms with Crippen molar-refractivity contribution in [1.82, 2.24) is 9.62 Å². The molecular formula is C32H43N3O4S. The molecule has 0 fully saturated rings. The Balaban J connectivity index is 1.54. The van der Waals surface area contributed by atoms with Crippen molar-refractivity contribution in [1.29, 1.82) is 0 Å². The normalized spacial score (nSPS) is 12.4. The second-order valence-electron chi connectivity index (χ2n) is 10.6. The number of carbonyl (C=O) groups is 1. The van der Waals surface area contributed by atoms with Crippen molar-refractivity contribution < 1.29 is 18.3 Å². The number of carbonyl (C=O) groups excluding carboxylic acids is 1. The minimum atomic E-state index is -3.75. The van der Waals surface area contributed by atoms with Gasteiger partial charge >= 0.3 is 0 Å². The molecule has 0 aliphatic carbocycles. The van der Waals surface area contributed by atoms with Crippen LogP contribution in [-0.4, -0.2) is 56.0 Å². The van der Waals surface area contributed by atoms with Crippen molar-refractivity contribution in [3.05, 3.63) is 96.1 Å². The molecule has 216 valence electrons. The van der Waals surface area contributed by atoms with E-state index in [0.717, 1.165) is 16.8 Å². The minimum Gasteiger partial charge on any atom is -0.395 e. The molecule has 2 N–H and O–H groups in total. The number of benzene rings is 3. The van der Waals surface area contributed by atoms with Crippen LogP contribution in [0.4, 0.5) is 5.69 Å². The van der Waals surface area contributed by atoms with Crippen molar-refractivity contribution >= 4 is 21.6 Å². The molecule has 1 atom stereocenters. The van der Waals surface area contributed by atoms with Crippen LogP contribution in [0.2, 0.25) is 0 Å². The average molecular weight is 566 g/mol. The van der Waals surface area contributed by atoms with Crippen LogP contribution in [0, 0.1) is 12.8 Å². The van der Waals surface area contributed by atoms with E-state index in [-0.39, 0.29) is 29.9 Å². The smallest absolute Gasteiger partial charge is 0.243 e. The predicted octanol–water partition coefficient (Wildman–Crippen LogP) is 5.00. The number of aliphatic hydroxyl groups excluding tert-OH is 1. The van der Waals surface area contributed by atoms with E-state index >= 15 is 0 Å². The molecular weight excluding hydrogens is 522 g/mol. The molecule has 8 heteroatoms. The number of hydrogen-bond donors (Lipinski definition) is 2. The summed E-state index contributed by atoms with van der Waals surface area (Å²) in [6.45, 7) is 7.27. The van der Waals surface area contributed by atoms with Crippen molar-refractivity contribution in [2.45, 2.75) is 57.5 Å². The Labute approximate surface area is 239 Å². The molecule has 0 radical (unpaired) electrons. The van der Waals surface area contributed by atoms with E-state index < -0.39 is 16.1 Å². The van der Waals surface area contributed by atoms with E-state index in [1.807, 2.05) is 86.3 Å². The molecule has 1 amide bonds. The van der Waals surface area contributed by atoms with Gasteiger partial charge in [0, 0.05) is 31.4 Å². The lowest BCUT2D eigenvalue weighted by atomic mass is 10.1. The topological polar surface area (TPSA) is 90.0 Å². The van der Waals surface area contributed by atoms with Crippen molar-refractivity contribution in [3.63, 3.8) is 0 Å². The standard InChI is InChI=1S/C32H43N3O4S/c1-26(2)22-35(40(38,39)31-19-17-27(3)18-20-31)30(25-36)16-10-11-21-33-32(37)24-34(29-14-8-5-9-15-29)23-28-12-6-4-7-13-28/h4-9,12-15,17-20,26,30,36H,10-11,16,21-25H2,1-3H3,(H,33,37)/t30-/m0/s1. The molecule has 7 nitrogen and oxygen atoms in total. The van der Waals surface area contributed by atoms with Crippen molar-refractivity contribution in [3.8, 4) is 0 Å². The third kappa shape index (κ3) is 9.47. The summed E-state index contributed by atoms with van der Waals surface area (Å²) in [5.41, 5.74) is 3.09. The number of aryl methyl sites for hydroxylation is 1. The predicted molar refractivity (Wildman–Crippen MR) is 162 cm³/mol. The van der Waals surface area contributed by atoms with Crippen LogP contribution in [0.1, 0.15) is 44.2 Å². The molecule has 0 unspecified atom stereocenters. The fraction of sp³-hybridized carbons (Fsp3) is 0.406. The van der Waals surface area contributed by atoms with Gasteiger partial charge in [-0.2, -0.15) is 4.31 Å². The second kappa shape index (κ2) is 15.6. The SMILES string of the molecule is Cc1ccc(S(=O)(=O)N(CC(C)C)[C@H](CO)CCCCNC(=O)CN(Cc2ccccc2)c2ccccc2)cc1. The molecule has 3 aromatic carbocycles. The average Bonchev–Trinajstić information content (AvgIpc) is 2.95. The zero-order valence-corrected chi connectivity index (χ0v) is 24.7. The van der Waals surface area contributed by atoms with E-state index in [1.54, 1.807) is 24.3 Å². The molecule has 0 saturated carbocycles. The molecule has 3 rings (SSSR count). The van der Waals surface area contributed by atoms with Crippen LogP contribution in [-0.2, 0) is 21.4 Å². The summed E-state index contributed by atoms with van der Waals surface area (Å²) in [7, 11) is -3.75. The number of anilines is 1. The van der Waals surface area contributed by atoms with Gasteiger partial charge in [-0.15, -0.1) is 0 Å². The summed E-state index contributed by atoms with van der Waals surface area (Å²) in [4.78, 5) is 15.1. The van der Waals surface area contributed by atoms with E-state index in [9.17, 15) is 18.3 Å². The highest BCUT2D eigenvalue weighted by Crippen LogP contribution is 2.23. The Bertz CT molecular complexity index is 1270. The molecule has 0 saturated heterocycles. The second-order valence-corrected chi connectivity index (χ2v) is 12.5. The van der Waals surface area contributed by atoms with Gasteiger partial charge in [0.2, 0.25) is 15.9 Å². The number of aliphatic hydroxyl groups is 1. The maximum atomic E-state index is 13.5. The number of sulfonamides is 1.